The van der Waals surface area contributed by atoms with Crippen LogP contribution in [0.25, 0.3) is 0 Å². The minimum atomic E-state index is -0.201. The number of nitrogens with zero attached hydrogens (tertiary/aromatic N) is 2. The first-order valence-corrected chi connectivity index (χ1v) is 9.53. The number of rotatable bonds is 9. The lowest BCUT2D eigenvalue weighted by atomic mass is 10.1. The summed E-state index contributed by atoms with van der Waals surface area (Å²) in [5.41, 5.74) is 7.18. The van der Waals surface area contributed by atoms with Crippen LogP contribution in [0.5, 0.6) is 11.5 Å². The number of aromatic nitrogens is 2. The van der Waals surface area contributed by atoms with Crippen LogP contribution in [0.2, 0.25) is 5.15 Å². The third kappa shape index (κ3) is 5.99. The number of methoxy groups -OCH3 is 2. The van der Waals surface area contributed by atoms with E-state index in [1.165, 1.54) is 6.07 Å². The van der Waals surface area contributed by atoms with E-state index in [0.29, 0.717) is 29.8 Å². The van der Waals surface area contributed by atoms with E-state index in [1.807, 2.05) is 42.5 Å². The number of hydrogen-bond acceptors (Lipinski definition) is 7. The monoisotopic (exact) mass is 427 g/mol. The van der Waals surface area contributed by atoms with Crippen LogP contribution >= 0.6 is 11.6 Å². The summed E-state index contributed by atoms with van der Waals surface area (Å²) in [5, 5.41) is 3.33. The smallest absolute Gasteiger partial charge is 0.242 e. The second kappa shape index (κ2) is 10.3. The van der Waals surface area contributed by atoms with Gasteiger partial charge in [0.1, 0.15) is 16.7 Å². The number of carbonyl (C=O) groups excluding carboxylic acids is 1. The fourth-order valence-electron chi connectivity index (χ4n) is 2.69. The Balaban J connectivity index is 1.60. The summed E-state index contributed by atoms with van der Waals surface area (Å²) < 4.78 is 10.6. The van der Waals surface area contributed by atoms with Gasteiger partial charge in [-0.15, -0.1) is 0 Å². The first-order chi connectivity index (χ1) is 14.6. The minimum Gasteiger partial charge on any atom is -0.497 e. The van der Waals surface area contributed by atoms with Crippen LogP contribution in [0, 0.1) is 0 Å². The maximum Gasteiger partial charge on any atom is 0.242 e. The largest absolute Gasteiger partial charge is 0.497 e. The lowest BCUT2D eigenvalue weighted by Crippen LogP contribution is -2.31. The van der Waals surface area contributed by atoms with Gasteiger partial charge in [0.2, 0.25) is 11.9 Å². The van der Waals surface area contributed by atoms with Crippen molar-refractivity contribution in [3.8, 4) is 11.5 Å². The van der Waals surface area contributed by atoms with Crippen LogP contribution in [-0.2, 0) is 17.8 Å². The third-order valence-corrected chi connectivity index (χ3v) is 4.36. The van der Waals surface area contributed by atoms with Gasteiger partial charge in [-0.2, -0.15) is 4.98 Å². The molecule has 3 aromatic rings. The maximum absolute atomic E-state index is 12.1. The molecule has 9 heteroatoms. The molecule has 0 aliphatic rings. The van der Waals surface area contributed by atoms with Crippen LogP contribution in [0.3, 0.4) is 0 Å². The van der Waals surface area contributed by atoms with E-state index in [-0.39, 0.29) is 17.5 Å². The fraction of sp³-hybridized carbons (Fsp3) is 0.190. The quantitative estimate of drug-likeness (QED) is 0.355. The fourth-order valence-corrected chi connectivity index (χ4v) is 2.88. The van der Waals surface area contributed by atoms with Gasteiger partial charge in [-0.05, 0) is 17.7 Å². The van der Waals surface area contributed by atoms with Gasteiger partial charge in [0.05, 0.1) is 20.6 Å². The van der Waals surface area contributed by atoms with Gasteiger partial charge < -0.3 is 14.8 Å². The Labute approximate surface area is 179 Å². The van der Waals surface area contributed by atoms with Crippen LogP contribution in [-0.4, -0.2) is 30.1 Å². The molecule has 0 aliphatic carbocycles. The van der Waals surface area contributed by atoms with E-state index < -0.39 is 0 Å². The molecule has 0 unspecified atom stereocenters. The minimum absolute atomic E-state index is 0.201. The maximum atomic E-state index is 12.1. The van der Waals surface area contributed by atoms with Crippen LogP contribution in [0.1, 0.15) is 11.1 Å². The number of hydrazine groups is 1. The Kier molecular flexibility index (Phi) is 7.29. The number of anilines is 2. The highest BCUT2D eigenvalue weighted by molar-refractivity contribution is 6.29. The Morgan fingerprint density at radius 1 is 1.03 bits per heavy atom. The van der Waals surface area contributed by atoms with Crippen molar-refractivity contribution in [3.63, 3.8) is 0 Å². The predicted octanol–water partition coefficient (Wildman–Crippen LogP) is 3.45. The molecule has 3 N–H and O–H groups in total. The van der Waals surface area contributed by atoms with Crippen molar-refractivity contribution >= 4 is 29.3 Å². The molecule has 2 aromatic carbocycles. The molecule has 1 heterocycles. The van der Waals surface area contributed by atoms with Crippen molar-refractivity contribution in [1.82, 2.24) is 15.4 Å². The number of carbonyl (C=O) groups is 1. The molecule has 30 heavy (non-hydrogen) atoms. The Bertz CT molecular complexity index is 1000. The number of benzene rings is 2. The molecule has 0 radical (unpaired) electrons. The van der Waals surface area contributed by atoms with E-state index in [0.717, 1.165) is 11.1 Å². The van der Waals surface area contributed by atoms with E-state index in [9.17, 15) is 4.79 Å². The SMILES string of the molecule is COc1ccc(CNc2nc(Cl)cc(NNC(=O)Cc3ccccc3)n2)c(OC)c1. The first kappa shape index (κ1) is 21.2. The van der Waals surface area contributed by atoms with Gasteiger partial charge >= 0.3 is 0 Å². The molecule has 1 aromatic heterocycles. The zero-order valence-electron chi connectivity index (χ0n) is 16.6. The molecule has 0 saturated heterocycles. The first-order valence-electron chi connectivity index (χ1n) is 9.15. The molecule has 3 rings (SSSR count). The van der Waals surface area contributed by atoms with Crippen molar-refractivity contribution in [2.45, 2.75) is 13.0 Å². The van der Waals surface area contributed by atoms with Crippen LogP contribution in [0.4, 0.5) is 11.8 Å². The second-order valence-corrected chi connectivity index (χ2v) is 6.65. The average Bonchev–Trinajstić information content (AvgIpc) is 2.76. The number of ether oxygens (including phenoxy) is 2. The molecule has 8 nitrogen and oxygen atoms in total. The summed E-state index contributed by atoms with van der Waals surface area (Å²) in [4.78, 5) is 20.6. The number of amides is 1. The summed E-state index contributed by atoms with van der Waals surface area (Å²) in [6.07, 6.45) is 0.245. The Hall–Kier alpha value is -3.52. The van der Waals surface area contributed by atoms with Gasteiger partial charge in [0, 0.05) is 24.2 Å². The predicted molar refractivity (Wildman–Crippen MR) is 116 cm³/mol. The normalized spacial score (nSPS) is 10.2. The standard InChI is InChI=1S/C21H22ClN5O3/c1-29-16-9-8-15(17(11-16)30-2)13-23-21-24-18(22)12-19(25-21)26-27-20(28)10-14-6-4-3-5-7-14/h3-9,11-12H,10,13H2,1-2H3,(H,27,28)(H2,23,24,25,26). The van der Waals surface area contributed by atoms with Crippen LogP contribution < -0.4 is 25.6 Å². The molecule has 0 aliphatic heterocycles. The lowest BCUT2D eigenvalue weighted by molar-refractivity contribution is -0.119. The Morgan fingerprint density at radius 2 is 1.83 bits per heavy atom. The van der Waals surface area contributed by atoms with E-state index in [1.54, 1.807) is 20.3 Å². The number of hydrogen-bond donors (Lipinski definition) is 3. The van der Waals surface area contributed by atoms with Gasteiger partial charge in [0.15, 0.2) is 5.82 Å². The topological polar surface area (TPSA) is 97.4 Å². The molecule has 0 fully saturated rings. The van der Waals surface area contributed by atoms with E-state index in [2.05, 4.69) is 26.1 Å². The Morgan fingerprint density at radius 3 is 2.57 bits per heavy atom. The zero-order chi connectivity index (χ0) is 21.3. The van der Waals surface area contributed by atoms with Crippen molar-refractivity contribution in [3.05, 3.63) is 70.9 Å². The average molecular weight is 428 g/mol. The molecule has 0 spiro atoms. The molecular formula is C21H22ClN5O3. The molecule has 0 bridgehead atoms. The van der Waals surface area contributed by atoms with Gasteiger partial charge in [-0.25, -0.2) is 4.98 Å². The number of halogens is 1. The van der Waals surface area contributed by atoms with Crippen molar-refractivity contribution < 1.29 is 14.3 Å². The number of nitrogens with one attached hydrogen (secondary N) is 3. The van der Waals surface area contributed by atoms with Crippen molar-refractivity contribution in [2.75, 3.05) is 25.0 Å². The highest BCUT2D eigenvalue weighted by Crippen LogP contribution is 2.25. The molecule has 1 amide bonds. The lowest BCUT2D eigenvalue weighted by Gasteiger charge is -2.13. The summed E-state index contributed by atoms with van der Waals surface area (Å²) in [6, 6.07) is 16.5. The molecule has 0 saturated carbocycles. The second-order valence-electron chi connectivity index (χ2n) is 6.27. The molecule has 156 valence electrons. The summed E-state index contributed by atoms with van der Waals surface area (Å²) in [7, 11) is 3.19. The van der Waals surface area contributed by atoms with Crippen molar-refractivity contribution in [2.24, 2.45) is 0 Å². The molecular weight excluding hydrogens is 406 g/mol. The van der Waals surface area contributed by atoms with E-state index in [4.69, 9.17) is 21.1 Å². The van der Waals surface area contributed by atoms with Gasteiger partial charge in [-0.1, -0.05) is 41.9 Å². The summed E-state index contributed by atoms with van der Waals surface area (Å²) in [6.45, 7) is 0.410. The van der Waals surface area contributed by atoms with Crippen molar-refractivity contribution in [1.29, 1.82) is 0 Å². The van der Waals surface area contributed by atoms with Gasteiger partial charge in [0.25, 0.3) is 0 Å². The molecule has 0 atom stereocenters. The summed E-state index contributed by atoms with van der Waals surface area (Å²) >= 11 is 6.09. The van der Waals surface area contributed by atoms with Crippen LogP contribution in [0.15, 0.2) is 54.6 Å². The highest BCUT2D eigenvalue weighted by atomic mass is 35.5. The summed E-state index contributed by atoms with van der Waals surface area (Å²) in [5.74, 6) is 1.84. The van der Waals surface area contributed by atoms with Gasteiger partial charge in [-0.3, -0.25) is 15.6 Å². The van der Waals surface area contributed by atoms with E-state index >= 15 is 0 Å². The third-order valence-electron chi connectivity index (χ3n) is 4.16. The zero-order valence-corrected chi connectivity index (χ0v) is 17.4. The highest BCUT2D eigenvalue weighted by Gasteiger charge is 2.09.